The third-order valence-electron chi connectivity index (χ3n) is 3.97. The van der Waals surface area contributed by atoms with Crippen LogP contribution in [0.3, 0.4) is 0 Å². The standard InChI is InChI=1S/C17H20N2OS2.ClH/c18-10-13-7-8-19(11-13)17(20)15-5-1-2-6-16(15)22-12-14-4-3-9-21-14;/h1-6,9,13H,7-8,10-12,18H2;1H. The lowest BCUT2D eigenvalue weighted by molar-refractivity contribution is 0.0784. The Balaban J connectivity index is 0.00000192. The predicted octanol–water partition coefficient (Wildman–Crippen LogP) is 3.88. The van der Waals surface area contributed by atoms with E-state index in [1.54, 1.807) is 23.1 Å². The highest BCUT2D eigenvalue weighted by molar-refractivity contribution is 7.98. The second kappa shape index (κ2) is 8.73. The molecule has 23 heavy (non-hydrogen) atoms. The van der Waals surface area contributed by atoms with E-state index in [2.05, 4.69) is 17.5 Å². The molecular formula is C17H21ClN2OS2. The Kier molecular flexibility index (Phi) is 6.96. The summed E-state index contributed by atoms with van der Waals surface area (Å²) in [6, 6.07) is 12.1. The predicted molar refractivity (Wildman–Crippen MR) is 101 cm³/mol. The summed E-state index contributed by atoms with van der Waals surface area (Å²) < 4.78 is 0. The van der Waals surface area contributed by atoms with E-state index in [1.165, 1.54) is 4.88 Å². The number of nitrogens with zero attached hydrogens (tertiary/aromatic N) is 1. The van der Waals surface area contributed by atoms with Crippen molar-refractivity contribution in [2.75, 3.05) is 19.6 Å². The maximum Gasteiger partial charge on any atom is 0.254 e. The summed E-state index contributed by atoms with van der Waals surface area (Å²) in [5, 5.41) is 2.09. The van der Waals surface area contributed by atoms with E-state index in [0.717, 1.165) is 35.7 Å². The fraction of sp³-hybridized carbons (Fsp3) is 0.353. The molecular weight excluding hydrogens is 348 g/mol. The van der Waals surface area contributed by atoms with Gasteiger partial charge in [0.15, 0.2) is 0 Å². The number of thiophene rings is 1. The van der Waals surface area contributed by atoms with Gasteiger partial charge in [-0.05, 0) is 42.5 Å². The van der Waals surface area contributed by atoms with E-state index in [9.17, 15) is 4.79 Å². The number of thioether (sulfide) groups is 1. The quantitative estimate of drug-likeness (QED) is 0.814. The molecule has 1 unspecified atom stereocenters. The Morgan fingerprint density at radius 1 is 1.30 bits per heavy atom. The van der Waals surface area contributed by atoms with Gasteiger partial charge >= 0.3 is 0 Å². The van der Waals surface area contributed by atoms with Crippen LogP contribution in [0.25, 0.3) is 0 Å². The number of carbonyl (C=O) groups is 1. The zero-order valence-corrected chi connectivity index (χ0v) is 15.3. The minimum atomic E-state index is 0. The van der Waals surface area contributed by atoms with Crippen molar-refractivity contribution in [1.29, 1.82) is 0 Å². The van der Waals surface area contributed by atoms with Gasteiger partial charge in [-0.15, -0.1) is 35.5 Å². The zero-order valence-electron chi connectivity index (χ0n) is 12.8. The van der Waals surface area contributed by atoms with Crippen molar-refractivity contribution in [2.45, 2.75) is 17.1 Å². The minimum Gasteiger partial charge on any atom is -0.338 e. The third-order valence-corrected chi connectivity index (χ3v) is 6.16. The molecule has 0 aliphatic carbocycles. The first kappa shape index (κ1) is 18.3. The summed E-state index contributed by atoms with van der Waals surface area (Å²) in [6.07, 6.45) is 1.02. The molecule has 3 rings (SSSR count). The van der Waals surface area contributed by atoms with Gasteiger partial charge in [0.05, 0.1) is 5.56 Å². The van der Waals surface area contributed by atoms with Gasteiger partial charge in [-0.1, -0.05) is 18.2 Å². The summed E-state index contributed by atoms with van der Waals surface area (Å²) >= 11 is 3.49. The number of nitrogens with two attached hydrogens (primary N) is 1. The third kappa shape index (κ3) is 4.51. The maximum absolute atomic E-state index is 12.8. The van der Waals surface area contributed by atoms with E-state index >= 15 is 0 Å². The van der Waals surface area contributed by atoms with Gasteiger partial charge in [-0.3, -0.25) is 4.79 Å². The number of halogens is 1. The van der Waals surface area contributed by atoms with Crippen molar-refractivity contribution in [3.63, 3.8) is 0 Å². The summed E-state index contributed by atoms with van der Waals surface area (Å²) in [5.74, 6) is 1.51. The number of benzene rings is 1. The molecule has 2 heterocycles. The second-order valence-electron chi connectivity index (χ2n) is 5.51. The van der Waals surface area contributed by atoms with Crippen molar-refractivity contribution >= 4 is 41.4 Å². The van der Waals surface area contributed by atoms with Crippen LogP contribution in [-0.4, -0.2) is 30.4 Å². The Hall–Kier alpha value is -1.01. The number of rotatable bonds is 5. The van der Waals surface area contributed by atoms with Crippen LogP contribution >= 0.6 is 35.5 Å². The van der Waals surface area contributed by atoms with Crippen molar-refractivity contribution in [1.82, 2.24) is 4.90 Å². The lowest BCUT2D eigenvalue weighted by Crippen LogP contribution is -2.30. The SMILES string of the molecule is Cl.NCC1CCN(C(=O)c2ccccc2SCc2cccs2)C1. The van der Waals surface area contributed by atoms with Crippen molar-refractivity contribution in [3.8, 4) is 0 Å². The molecule has 1 aliphatic rings. The largest absolute Gasteiger partial charge is 0.338 e. The van der Waals surface area contributed by atoms with Crippen molar-refractivity contribution < 1.29 is 4.79 Å². The van der Waals surface area contributed by atoms with Crippen LogP contribution in [0.1, 0.15) is 21.7 Å². The van der Waals surface area contributed by atoms with Crippen LogP contribution in [0.4, 0.5) is 0 Å². The van der Waals surface area contributed by atoms with E-state index in [4.69, 9.17) is 5.73 Å². The molecule has 0 spiro atoms. The van der Waals surface area contributed by atoms with Crippen molar-refractivity contribution in [2.24, 2.45) is 11.7 Å². The van der Waals surface area contributed by atoms with Gasteiger partial charge in [0.25, 0.3) is 5.91 Å². The van der Waals surface area contributed by atoms with Crippen LogP contribution in [-0.2, 0) is 5.75 Å². The first-order valence-electron chi connectivity index (χ1n) is 7.51. The Labute approximate surface area is 151 Å². The van der Waals surface area contributed by atoms with E-state index in [1.807, 2.05) is 29.2 Å². The van der Waals surface area contributed by atoms with Gasteiger partial charge < -0.3 is 10.6 Å². The zero-order chi connectivity index (χ0) is 15.4. The van der Waals surface area contributed by atoms with Gasteiger partial charge in [0.1, 0.15) is 0 Å². The number of amides is 1. The van der Waals surface area contributed by atoms with E-state index in [-0.39, 0.29) is 18.3 Å². The normalized spacial score (nSPS) is 17.1. The first-order chi connectivity index (χ1) is 10.8. The molecule has 0 radical (unpaired) electrons. The van der Waals surface area contributed by atoms with Crippen LogP contribution in [0.5, 0.6) is 0 Å². The fourth-order valence-corrected chi connectivity index (χ4v) is 4.51. The molecule has 2 aromatic rings. The molecule has 2 N–H and O–H groups in total. The topological polar surface area (TPSA) is 46.3 Å². The highest BCUT2D eigenvalue weighted by atomic mass is 35.5. The van der Waals surface area contributed by atoms with Crippen molar-refractivity contribution in [3.05, 3.63) is 52.2 Å². The van der Waals surface area contributed by atoms with Crippen LogP contribution in [0, 0.1) is 5.92 Å². The molecule has 6 heteroatoms. The molecule has 0 saturated carbocycles. The van der Waals surface area contributed by atoms with Gasteiger partial charge in [-0.2, -0.15) is 0 Å². The minimum absolute atomic E-state index is 0. The van der Waals surface area contributed by atoms with Gasteiger partial charge in [0, 0.05) is 28.6 Å². The molecule has 1 aliphatic heterocycles. The second-order valence-corrected chi connectivity index (χ2v) is 7.56. The maximum atomic E-state index is 12.8. The molecule has 0 bridgehead atoms. The van der Waals surface area contributed by atoms with Crippen LogP contribution < -0.4 is 5.73 Å². The fourth-order valence-electron chi connectivity index (χ4n) is 2.69. The molecule has 1 fully saturated rings. The van der Waals surface area contributed by atoms with Gasteiger partial charge in [-0.25, -0.2) is 0 Å². The molecule has 1 saturated heterocycles. The average Bonchev–Trinajstić information content (AvgIpc) is 3.24. The summed E-state index contributed by atoms with van der Waals surface area (Å²) in [6.45, 7) is 2.28. The lowest BCUT2D eigenvalue weighted by atomic mass is 10.1. The summed E-state index contributed by atoms with van der Waals surface area (Å²) in [4.78, 5) is 17.1. The first-order valence-corrected chi connectivity index (χ1v) is 9.38. The van der Waals surface area contributed by atoms with E-state index in [0.29, 0.717) is 12.5 Å². The highest BCUT2D eigenvalue weighted by Gasteiger charge is 2.27. The average molecular weight is 369 g/mol. The Bertz CT molecular complexity index is 633. The molecule has 3 nitrogen and oxygen atoms in total. The van der Waals surface area contributed by atoms with Crippen LogP contribution in [0.15, 0.2) is 46.7 Å². The molecule has 1 aromatic carbocycles. The number of hydrogen-bond acceptors (Lipinski definition) is 4. The number of hydrogen-bond donors (Lipinski definition) is 1. The van der Waals surface area contributed by atoms with Crippen LogP contribution in [0.2, 0.25) is 0 Å². The lowest BCUT2D eigenvalue weighted by Gasteiger charge is -2.18. The monoisotopic (exact) mass is 368 g/mol. The molecule has 124 valence electrons. The molecule has 1 amide bonds. The number of likely N-dealkylation sites (tertiary alicyclic amines) is 1. The Morgan fingerprint density at radius 3 is 2.83 bits per heavy atom. The highest BCUT2D eigenvalue weighted by Crippen LogP contribution is 2.29. The summed E-state index contributed by atoms with van der Waals surface area (Å²) in [5.41, 5.74) is 6.55. The number of carbonyl (C=O) groups excluding carboxylic acids is 1. The molecule has 1 atom stereocenters. The summed E-state index contributed by atoms with van der Waals surface area (Å²) in [7, 11) is 0. The van der Waals surface area contributed by atoms with E-state index < -0.39 is 0 Å². The Morgan fingerprint density at radius 2 is 2.13 bits per heavy atom. The van der Waals surface area contributed by atoms with Gasteiger partial charge in [0.2, 0.25) is 0 Å². The smallest absolute Gasteiger partial charge is 0.254 e. The molecule has 1 aromatic heterocycles.